The van der Waals surface area contributed by atoms with E-state index in [-0.39, 0.29) is 13.0 Å². The van der Waals surface area contributed by atoms with Gasteiger partial charge in [0.05, 0.1) is 18.6 Å². The molecule has 2 aromatic rings. The Labute approximate surface area is 115 Å². The van der Waals surface area contributed by atoms with E-state index in [1.54, 1.807) is 24.3 Å². The molecule has 0 aliphatic rings. The summed E-state index contributed by atoms with van der Waals surface area (Å²) >= 11 is 5.86. The maximum Gasteiger partial charge on any atom is 0.264 e. The van der Waals surface area contributed by atoms with Crippen molar-refractivity contribution in [2.75, 3.05) is 12.9 Å². The Kier molecular flexibility index (Phi) is 4.13. The van der Waals surface area contributed by atoms with Crippen molar-refractivity contribution in [2.45, 2.75) is 6.42 Å². The first kappa shape index (κ1) is 13.9. The van der Waals surface area contributed by atoms with Gasteiger partial charge in [-0.2, -0.15) is 8.42 Å². The average molecular weight is 303 g/mol. The molecule has 0 N–H and O–H groups in total. The van der Waals surface area contributed by atoms with Crippen LogP contribution in [0, 0.1) is 0 Å². The molecule has 0 saturated carbocycles. The van der Waals surface area contributed by atoms with E-state index in [0.717, 1.165) is 6.26 Å². The summed E-state index contributed by atoms with van der Waals surface area (Å²) in [4.78, 5) is 1.32. The summed E-state index contributed by atoms with van der Waals surface area (Å²) in [6.45, 7) is -0.0138. The van der Waals surface area contributed by atoms with Gasteiger partial charge in [0.1, 0.15) is 0 Å². The van der Waals surface area contributed by atoms with Crippen molar-refractivity contribution in [3.63, 3.8) is 0 Å². The molecular formula is C10H11ClN4O3S. The van der Waals surface area contributed by atoms with Crippen molar-refractivity contribution in [1.29, 1.82) is 0 Å². The van der Waals surface area contributed by atoms with E-state index < -0.39 is 10.1 Å². The molecule has 19 heavy (non-hydrogen) atoms. The lowest BCUT2D eigenvalue weighted by Gasteiger charge is -1.98. The second kappa shape index (κ2) is 5.64. The van der Waals surface area contributed by atoms with Crippen LogP contribution in [0.2, 0.25) is 5.02 Å². The van der Waals surface area contributed by atoms with E-state index in [0.29, 0.717) is 16.5 Å². The Bertz CT molecular complexity index is 671. The van der Waals surface area contributed by atoms with Gasteiger partial charge in [0.15, 0.2) is 5.82 Å². The maximum atomic E-state index is 10.8. The van der Waals surface area contributed by atoms with Crippen LogP contribution in [-0.2, 0) is 20.7 Å². The minimum atomic E-state index is -3.45. The van der Waals surface area contributed by atoms with Gasteiger partial charge in [-0.25, -0.2) is 0 Å². The minimum absolute atomic E-state index is 0.0138. The van der Waals surface area contributed by atoms with Gasteiger partial charge in [0.25, 0.3) is 10.1 Å². The smallest absolute Gasteiger partial charge is 0.264 e. The van der Waals surface area contributed by atoms with Crippen LogP contribution in [-0.4, -0.2) is 41.5 Å². The molecular weight excluding hydrogens is 292 g/mol. The number of benzene rings is 1. The highest BCUT2D eigenvalue weighted by Crippen LogP contribution is 2.12. The van der Waals surface area contributed by atoms with Crippen LogP contribution in [0.3, 0.4) is 0 Å². The second-order valence-electron chi connectivity index (χ2n) is 3.75. The summed E-state index contributed by atoms with van der Waals surface area (Å²) in [5.74, 6) is 0.392. The van der Waals surface area contributed by atoms with Crippen molar-refractivity contribution in [3.8, 4) is 5.69 Å². The molecule has 0 fully saturated rings. The maximum absolute atomic E-state index is 10.8. The largest absolute Gasteiger partial charge is 0.270 e. The summed E-state index contributed by atoms with van der Waals surface area (Å²) in [6, 6.07) is 6.99. The molecule has 0 unspecified atom stereocenters. The number of hydrogen-bond acceptors (Lipinski definition) is 6. The van der Waals surface area contributed by atoms with E-state index in [2.05, 4.69) is 19.6 Å². The topological polar surface area (TPSA) is 87.0 Å². The molecule has 0 aliphatic carbocycles. The van der Waals surface area contributed by atoms with Crippen LogP contribution in [0.25, 0.3) is 5.69 Å². The molecule has 7 nitrogen and oxygen atoms in total. The van der Waals surface area contributed by atoms with E-state index in [1.165, 1.54) is 4.80 Å². The first-order chi connectivity index (χ1) is 8.94. The van der Waals surface area contributed by atoms with Gasteiger partial charge >= 0.3 is 0 Å². The molecule has 0 saturated heterocycles. The molecule has 0 radical (unpaired) electrons. The summed E-state index contributed by atoms with van der Waals surface area (Å²) in [5.41, 5.74) is 0.676. The van der Waals surface area contributed by atoms with Crippen LogP contribution in [0.4, 0.5) is 0 Å². The first-order valence-corrected chi connectivity index (χ1v) is 7.53. The molecule has 0 spiro atoms. The van der Waals surface area contributed by atoms with Crippen molar-refractivity contribution < 1.29 is 12.6 Å². The van der Waals surface area contributed by atoms with Crippen LogP contribution in [0.5, 0.6) is 0 Å². The number of hydrogen-bond donors (Lipinski definition) is 0. The standard InChI is InChI=1S/C10H11ClN4O3S/c1-19(16,17)18-6-5-10-12-14-15(13-10)9-4-2-3-8(11)7-9/h2-4,7H,5-6H2,1H3. The molecule has 0 aliphatic heterocycles. The second-order valence-corrected chi connectivity index (χ2v) is 5.83. The monoisotopic (exact) mass is 302 g/mol. The lowest BCUT2D eigenvalue weighted by Crippen LogP contribution is -2.07. The molecule has 102 valence electrons. The van der Waals surface area contributed by atoms with Gasteiger partial charge in [0, 0.05) is 11.4 Å². The minimum Gasteiger partial charge on any atom is -0.270 e. The van der Waals surface area contributed by atoms with Crippen LogP contribution >= 0.6 is 11.6 Å². The quantitative estimate of drug-likeness (QED) is 0.760. The summed E-state index contributed by atoms with van der Waals surface area (Å²) < 4.78 is 26.2. The van der Waals surface area contributed by atoms with Gasteiger partial charge in [-0.1, -0.05) is 17.7 Å². The highest BCUT2D eigenvalue weighted by atomic mass is 35.5. The lowest BCUT2D eigenvalue weighted by molar-refractivity contribution is 0.323. The zero-order chi connectivity index (χ0) is 13.9. The zero-order valence-electron chi connectivity index (χ0n) is 10.0. The molecule has 9 heteroatoms. The average Bonchev–Trinajstić information content (AvgIpc) is 2.76. The summed E-state index contributed by atoms with van der Waals surface area (Å²) in [6.07, 6.45) is 1.25. The number of aromatic nitrogens is 4. The molecule has 2 rings (SSSR count). The fourth-order valence-corrected chi connectivity index (χ4v) is 1.91. The van der Waals surface area contributed by atoms with Gasteiger partial charge in [-0.15, -0.1) is 15.0 Å². The van der Waals surface area contributed by atoms with Crippen molar-refractivity contribution in [2.24, 2.45) is 0 Å². The van der Waals surface area contributed by atoms with Crippen molar-refractivity contribution in [3.05, 3.63) is 35.1 Å². The summed E-state index contributed by atoms with van der Waals surface area (Å²) in [5, 5.41) is 12.3. The van der Waals surface area contributed by atoms with Crippen LogP contribution in [0.1, 0.15) is 5.82 Å². The highest BCUT2D eigenvalue weighted by Gasteiger charge is 2.07. The third-order valence-electron chi connectivity index (χ3n) is 2.12. The Morgan fingerprint density at radius 3 is 2.89 bits per heavy atom. The van der Waals surface area contributed by atoms with Gasteiger partial charge < -0.3 is 0 Å². The third kappa shape index (κ3) is 4.27. The molecule has 0 bridgehead atoms. The molecule has 1 heterocycles. The van der Waals surface area contributed by atoms with Gasteiger partial charge in [-0.3, -0.25) is 4.18 Å². The third-order valence-corrected chi connectivity index (χ3v) is 2.95. The summed E-state index contributed by atoms with van der Waals surface area (Å²) in [7, 11) is -3.45. The number of halogens is 1. The Hall–Kier alpha value is -1.51. The normalized spacial score (nSPS) is 11.7. The first-order valence-electron chi connectivity index (χ1n) is 5.33. The van der Waals surface area contributed by atoms with Crippen molar-refractivity contribution >= 4 is 21.7 Å². The Morgan fingerprint density at radius 2 is 2.21 bits per heavy atom. The predicted molar refractivity (Wildman–Crippen MR) is 68.7 cm³/mol. The number of tetrazole rings is 1. The Morgan fingerprint density at radius 1 is 1.42 bits per heavy atom. The fraction of sp³-hybridized carbons (Fsp3) is 0.300. The van der Waals surface area contributed by atoms with E-state index >= 15 is 0 Å². The lowest BCUT2D eigenvalue weighted by atomic mass is 10.3. The number of nitrogens with zero attached hydrogens (tertiary/aromatic N) is 4. The SMILES string of the molecule is CS(=O)(=O)OCCc1nnn(-c2cccc(Cl)c2)n1. The fourth-order valence-electron chi connectivity index (χ4n) is 1.34. The van der Waals surface area contributed by atoms with Crippen molar-refractivity contribution in [1.82, 2.24) is 20.2 Å². The molecule has 0 atom stereocenters. The van der Waals surface area contributed by atoms with E-state index in [4.69, 9.17) is 11.6 Å². The predicted octanol–water partition coefficient (Wildman–Crippen LogP) is 0.834. The van der Waals surface area contributed by atoms with Crippen LogP contribution < -0.4 is 0 Å². The molecule has 0 amide bonds. The molecule has 1 aromatic heterocycles. The van der Waals surface area contributed by atoms with E-state index in [1.807, 2.05) is 0 Å². The zero-order valence-corrected chi connectivity index (χ0v) is 11.6. The molecule has 1 aromatic carbocycles. The highest BCUT2D eigenvalue weighted by molar-refractivity contribution is 7.85. The van der Waals surface area contributed by atoms with E-state index in [9.17, 15) is 8.42 Å². The number of rotatable bonds is 5. The Balaban J connectivity index is 2.03. The van der Waals surface area contributed by atoms with Crippen LogP contribution in [0.15, 0.2) is 24.3 Å². The van der Waals surface area contributed by atoms with Gasteiger partial charge in [-0.05, 0) is 23.4 Å². The van der Waals surface area contributed by atoms with Gasteiger partial charge in [0.2, 0.25) is 0 Å².